The zero-order valence-corrected chi connectivity index (χ0v) is 91.8. The van der Waals surface area contributed by atoms with E-state index in [0.29, 0.717) is 119 Å². The molecule has 4 aromatic heterocycles. The Morgan fingerprint density at radius 3 is 1.01 bits per heavy atom. The predicted molar refractivity (Wildman–Crippen MR) is 515 cm³/mol. The van der Waals surface area contributed by atoms with Crippen LogP contribution < -0.4 is 50.2 Å². The average molecular weight is 2350 g/mol. The SMILES string of the molecule is C1CCOC1.C=CCOCCOCC(=O)OC(C)(C)C.Cn1c(=O)n(C2CCC(=O)NC2=O)c2ccc(/C=C/COCCOCC(=O)OC(C)(C)C)cc21.Cn1c(=O)n(C2CCC(=O)NC2=O)c2ccc(Br)cc21.Cn1c(=O)n(C2CCC(=O)NC2=O)c2ccc(CCCOCCOCC(=O)O)cc21.Cn1c(=O)n(C2CCC(=O)NC2=O)c2ccc(CCCOCCOCC(=O)OC(C)(C)C)cc21.N.[V].[V].[V].[W]. The molecule has 47 heteroatoms. The number of carbonyl (C=O) groups is 12. The van der Waals surface area contributed by atoms with E-state index in [1.54, 1.807) is 87.9 Å². The Labute approximate surface area is 886 Å². The summed E-state index contributed by atoms with van der Waals surface area (Å²) in [5.41, 5.74) is 5.85. The van der Waals surface area contributed by atoms with Gasteiger partial charge in [-0.05, 0) is 198 Å². The molecule has 4 aromatic carbocycles. The van der Waals surface area contributed by atoms with Gasteiger partial charge in [0, 0.05) is 162 Å². The number of carbonyl (C=O) groups excluding carboxylic acids is 11. The van der Waals surface area contributed by atoms with Crippen LogP contribution in [-0.2, 0) is 232 Å². The van der Waals surface area contributed by atoms with Gasteiger partial charge in [-0.25, -0.2) is 38.4 Å². The van der Waals surface area contributed by atoms with Crippen LogP contribution in [0.1, 0.15) is 180 Å². The Bertz CT molecular complexity index is 5920. The molecule has 5 saturated heterocycles. The number of piperidine rings is 4. The number of imidazole rings is 4. The molecule has 143 heavy (non-hydrogen) atoms. The van der Waals surface area contributed by atoms with Crippen LogP contribution >= 0.6 is 15.9 Å². The van der Waals surface area contributed by atoms with E-state index in [4.69, 9.17) is 61.9 Å². The van der Waals surface area contributed by atoms with Crippen molar-refractivity contribution in [2.75, 3.05) is 119 Å². The molecule has 0 bridgehead atoms. The van der Waals surface area contributed by atoms with Gasteiger partial charge in [0.05, 0.1) is 110 Å². The van der Waals surface area contributed by atoms with Crippen molar-refractivity contribution in [3.05, 3.63) is 155 Å². The third-order valence-electron chi connectivity index (χ3n) is 21.3. The molecule has 0 saturated carbocycles. The van der Waals surface area contributed by atoms with Gasteiger partial charge in [-0.1, -0.05) is 52.4 Å². The quantitative estimate of drug-likeness (QED) is 0.00732. The van der Waals surface area contributed by atoms with Gasteiger partial charge in [0.2, 0.25) is 47.3 Å². The van der Waals surface area contributed by atoms with Crippen LogP contribution in [0.25, 0.3) is 50.2 Å². The fourth-order valence-corrected chi connectivity index (χ4v) is 15.4. The number of ether oxygens (including phenoxy) is 12. The topological polar surface area (TPSA) is 527 Å². The number of fused-ring (bicyclic) bond motifs is 4. The predicted octanol–water partition coefficient (Wildman–Crippen LogP) is 7.28. The minimum absolute atomic E-state index is 0. The maximum absolute atomic E-state index is 12.8. The molecular weight excluding hydrogens is 2220 g/mol. The van der Waals surface area contributed by atoms with Crippen LogP contribution in [0.4, 0.5) is 0 Å². The van der Waals surface area contributed by atoms with E-state index >= 15 is 0 Å². The van der Waals surface area contributed by atoms with Crippen LogP contribution in [-0.4, -0.2) is 249 Å². The number of aromatic nitrogens is 8. The monoisotopic (exact) mass is 2350 g/mol. The van der Waals surface area contributed by atoms with Crippen LogP contribution in [0.3, 0.4) is 0 Å². The Balaban J connectivity index is 0.000000460. The number of rotatable bonds is 37. The van der Waals surface area contributed by atoms with Crippen LogP contribution in [0.15, 0.2) is 115 Å². The summed E-state index contributed by atoms with van der Waals surface area (Å²) in [6.45, 7) is 25.8. The zero-order valence-electron chi connectivity index (χ0n) is 83.1. The summed E-state index contributed by atoms with van der Waals surface area (Å²) in [4.78, 5) is 190. The van der Waals surface area contributed by atoms with Crippen molar-refractivity contribution < 1.29 is 196 Å². The number of halogens is 1. The average Bonchev–Trinajstić information content (AvgIpc) is 1.63. The second-order valence-corrected chi connectivity index (χ2v) is 36.6. The molecule has 0 spiro atoms. The third kappa shape index (κ3) is 40.6. The number of imide groups is 4. The zero-order chi connectivity index (χ0) is 101. The molecule has 13 rings (SSSR count). The number of benzene rings is 4. The first-order valence-electron chi connectivity index (χ1n) is 45.6. The molecule has 8 N–H and O–H groups in total. The third-order valence-corrected chi connectivity index (χ3v) is 21.8. The second-order valence-electron chi connectivity index (χ2n) is 35.7. The number of carboxylic acid groups (broad SMARTS) is 1. The first-order chi connectivity index (χ1) is 65.4. The van der Waals surface area contributed by atoms with Crippen molar-refractivity contribution in [3.8, 4) is 0 Å². The molecule has 4 atom stereocenters. The molecule has 5 fully saturated rings. The molecule has 8 aromatic rings. The molecule has 8 amide bonds. The van der Waals surface area contributed by atoms with Gasteiger partial charge in [0.15, 0.2) is 0 Å². The van der Waals surface area contributed by atoms with Crippen molar-refractivity contribution in [3.63, 3.8) is 0 Å². The Kier molecular flexibility index (Phi) is 55.7. The fraction of sp³-hybridized carbons (Fsp3) is 0.542. The van der Waals surface area contributed by atoms with E-state index in [2.05, 4.69) is 43.8 Å². The van der Waals surface area contributed by atoms with E-state index in [9.17, 15) is 76.7 Å². The van der Waals surface area contributed by atoms with Gasteiger partial charge in [0.1, 0.15) is 67.4 Å². The summed E-state index contributed by atoms with van der Waals surface area (Å²) in [5.74, 6) is -5.18. The summed E-state index contributed by atoms with van der Waals surface area (Å²) >= 11 is 3.37. The summed E-state index contributed by atoms with van der Waals surface area (Å²) in [7, 11) is 6.66. The number of nitrogens with zero attached hydrogens (tertiary/aromatic N) is 8. The van der Waals surface area contributed by atoms with Crippen molar-refractivity contribution in [2.24, 2.45) is 28.2 Å². The van der Waals surface area contributed by atoms with E-state index in [-0.39, 0.29) is 201 Å². The molecule has 3 radical (unpaired) electrons. The van der Waals surface area contributed by atoms with Gasteiger partial charge in [0.25, 0.3) is 0 Å². The molecular formula is C96H132BrN13O29V3W. The number of esters is 3. The van der Waals surface area contributed by atoms with Crippen LogP contribution in [0.5, 0.6) is 0 Å². The summed E-state index contributed by atoms with van der Waals surface area (Å²) < 4.78 is 75.0. The minimum atomic E-state index is -1.01. The summed E-state index contributed by atoms with van der Waals surface area (Å²) in [5, 5.41) is 17.7. The van der Waals surface area contributed by atoms with E-state index < -0.39 is 82.5 Å². The molecule has 5 aliphatic rings. The minimum Gasteiger partial charge on any atom is -0.480 e. The maximum Gasteiger partial charge on any atom is 0.332 e. The van der Waals surface area contributed by atoms with Gasteiger partial charge in [-0.15, -0.1) is 6.58 Å². The molecule has 5 aliphatic heterocycles. The second kappa shape index (κ2) is 62.4. The molecule has 783 valence electrons. The summed E-state index contributed by atoms with van der Waals surface area (Å²) in [6.07, 6.45) is 13.1. The van der Waals surface area contributed by atoms with Gasteiger partial charge in [-0.2, -0.15) is 0 Å². The van der Waals surface area contributed by atoms with Crippen molar-refractivity contribution in [1.82, 2.24) is 64.0 Å². The molecule has 0 aliphatic carbocycles. The number of aryl methyl sites for hydroxylation is 6. The Morgan fingerprint density at radius 1 is 0.406 bits per heavy atom. The smallest absolute Gasteiger partial charge is 0.332 e. The molecule has 9 heterocycles. The summed E-state index contributed by atoms with van der Waals surface area (Å²) in [6, 6.07) is 19.6. The van der Waals surface area contributed by atoms with Gasteiger partial charge in [-0.3, -0.25) is 96.2 Å². The standard InChI is InChI=1S/C24H33N3O7.C24H31N3O7.C20H25N3O7.C13H12BrN3O3.C11H20O4.C4H8O.H3N.3V.W/c2*1-24(2,3)34-21(29)15-33-13-12-32-11-5-6-16-7-8-17-19(14-16)26(4)23(31)27(17)18-9-10-20(28)25-22(18)30;1-22-16-11-13(3-2-8-29-9-10-30-12-18(25)26)4-5-14(16)23(20(22)28)15-6-7-17(24)21-19(15)27;1-16-10-6-7(14)2-3-8(10)17(13(16)20)9-4-5-11(18)15-12(9)19;1-5-6-13-7-8-14-9-10(12)15-11(2,3)4;1-2-4-5-3-1;;;;;/h7-8,14,18H,5-6,9-13,15H2,1-4H3,(H,25,28,30);5-8,14,18H,9-13,15H2,1-4H3,(H,25,28,30);4-5,11,15H,2-3,6-10,12H2,1H3,(H,25,26)(H,21,24,27);2-3,6,9H,4-5H2,1H3,(H,15,18,19);5H,1,6-9H2,2-4H3;1-4H2;1H3;;;;/b;6-5+;;;;;;;;;. The normalized spacial score (nSPS) is 16.2. The first-order valence-corrected chi connectivity index (χ1v) is 46.4. The number of amides is 8. The first kappa shape index (κ1) is 128. The number of aliphatic carboxylic acids is 1. The fourth-order valence-electron chi connectivity index (χ4n) is 15.1. The van der Waals surface area contributed by atoms with Crippen molar-refractivity contribution in [2.45, 2.75) is 193 Å². The number of hydrogen-bond acceptors (Lipinski definition) is 29. The van der Waals surface area contributed by atoms with Crippen molar-refractivity contribution >= 4 is 137 Å². The number of carboxylic acids is 1. The number of hydrogen-bond donors (Lipinski definition) is 6. The van der Waals surface area contributed by atoms with Crippen LogP contribution in [0.2, 0.25) is 0 Å². The van der Waals surface area contributed by atoms with E-state index in [1.165, 1.54) is 49.4 Å². The molecule has 42 nitrogen and oxygen atoms in total. The van der Waals surface area contributed by atoms with E-state index in [0.717, 1.165) is 76.6 Å². The molecule has 4 unspecified atom stereocenters. The van der Waals surface area contributed by atoms with Crippen molar-refractivity contribution in [1.29, 1.82) is 0 Å². The van der Waals surface area contributed by atoms with Gasteiger partial charge >= 0.3 is 46.6 Å². The Hall–Kier alpha value is -9.60. The van der Waals surface area contributed by atoms with Gasteiger partial charge < -0.3 is 68.1 Å². The maximum atomic E-state index is 12.8. The number of nitrogens with one attached hydrogen (secondary N) is 4. The Morgan fingerprint density at radius 2 is 0.699 bits per heavy atom. The van der Waals surface area contributed by atoms with Crippen LogP contribution in [0, 0.1) is 0 Å². The largest absolute Gasteiger partial charge is 0.480 e. The van der Waals surface area contributed by atoms with E-state index in [1.807, 2.05) is 93.6 Å².